The number of amides is 1. The Morgan fingerprint density at radius 1 is 1.41 bits per heavy atom. The highest BCUT2D eigenvalue weighted by molar-refractivity contribution is 5.81. The van der Waals surface area contributed by atoms with Gasteiger partial charge in [-0.2, -0.15) is 0 Å². The van der Waals surface area contributed by atoms with Gasteiger partial charge in [-0.1, -0.05) is 13.8 Å². The van der Waals surface area contributed by atoms with Crippen molar-refractivity contribution in [3.63, 3.8) is 0 Å². The average Bonchev–Trinajstić information content (AvgIpc) is 2.29. The van der Waals surface area contributed by atoms with Gasteiger partial charge in [0.2, 0.25) is 5.91 Å². The van der Waals surface area contributed by atoms with Crippen molar-refractivity contribution in [1.82, 2.24) is 10.3 Å². The zero-order valence-corrected chi connectivity index (χ0v) is 10.5. The summed E-state index contributed by atoms with van der Waals surface area (Å²) in [6.07, 6.45) is 5.03. The Morgan fingerprint density at radius 2 is 2.06 bits per heavy atom. The molecular weight excluding hydrogens is 214 g/mol. The first kappa shape index (κ1) is 13.6. The third-order valence-corrected chi connectivity index (χ3v) is 2.52. The number of carbonyl (C=O) groups excluding carboxylic acids is 1. The Balaban J connectivity index is 2.24. The van der Waals surface area contributed by atoms with E-state index in [0.29, 0.717) is 12.5 Å². The fraction of sp³-hybridized carbons (Fsp3) is 0.538. The minimum absolute atomic E-state index is 0.0623. The fourth-order valence-corrected chi connectivity index (χ4v) is 1.63. The molecule has 0 radical (unpaired) electrons. The molecule has 0 aliphatic heterocycles. The van der Waals surface area contributed by atoms with E-state index >= 15 is 0 Å². The van der Waals surface area contributed by atoms with Crippen LogP contribution in [0.15, 0.2) is 24.5 Å². The molecule has 0 fully saturated rings. The van der Waals surface area contributed by atoms with E-state index < -0.39 is 6.04 Å². The van der Waals surface area contributed by atoms with Crippen LogP contribution >= 0.6 is 0 Å². The molecule has 4 heteroatoms. The van der Waals surface area contributed by atoms with Gasteiger partial charge in [0.15, 0.2) is 0 Å². The number of hydrogen-bond acceptors (Lipinski definition) is 3. The van der Waals surface area contributed by atoms with Gasteiger partial charge in [-0.3, -0.25) is 9.78 Å². The summed E-state index contributed by atoms with van der Waals surface area (Å²) in [4.78, 5) is 15.6. The monoisotopic (exact) mass is 235 g/mol. The van der Waals surface area contributed by atoms with E-state index in [4.69, 9.17) is 5.73 Å². The Kier molecular flexibility index (Phi) is 5.63. The molecule has 0 aromatic carbocycles. The first-order valence-electron chi connectivity index (χ1n) is 6.01. The normalized spacial score (nSPS) is 12.5. The van der Waals surface area contributed by atoms with Crippen LogP contribution in [0.1, 0.15) is 25.8 Å². The van der Waals surface area contributed by atoms with Gasteiger partial charge in [0.25, 0.3) is 0 Å². The summed E-state index contributed by atoms with van der Waals surface area (Å²) in [5.74, 6) is 0.378. The fourth-order valence-electron chi connectivity index (χ4n) is 1.63. The molecule has 4 nitrogen and oxygen atoms in total. The van der Waals surface area contributed by atoms with Gasteiger partial charge in [-0.15, -0.1) is 0 Å². The topological polar surface area (TPSA) is 68.0 Å². The Labute approximate surface area is 103 Å². The van der Waals surface area contributed by atoms with E-state index in [1.807, 2.05) is 12.1 Å². The second-order valence-corrected chi connectivity index (χ2v) is 4.63. The van der Waals surface area contributed by atoms with E-state index in [1.165, 1.54) is 0 Å². The predicted molar refractivity (Wildman–Crippen MR) is 68.4 cm³/mol. The Morgan fingerprint density at radius 3 is 2.65 bits per heavy atom. The third kappa shape index (κ3) is 5.45. The smallest absolute Gasteiger partial charge is 0.236 e. The maximum absolute atomic E-state index is 11.6. The van der Waals surface area contributed by atoms with E-state index in [1.54, 1.807) is 12.4 Å². The first-order valence-corrected chi connectivity index (χ1v) is 6.01. The number of nitrogens with two attached hydrogens (primary N) is 1. The second kappa shape index (κ2) is 7.01. The van der Waals surface area contributed by atoms with Crippen LogP contribution in [0.3, 0.4) is 0 Å². The van der Waals surface area contributed by atoms with Crippen LogP contribution in [-0.4, -0.2) is 23.5 Å². The van der Waals surface area contributed by atoms with Crippen LogP contribution in [0.25, 0.3) is 0 Å². The largest absolute Gasteiger partial charge is 0.354 e. The summed E-state index contributed by atoms with van der Waals surface area (Å²) in [5.41, 5.74) is 6.94. The number of aromatic nitrogens is 1. The van der Waals surface area contributed by atoms with Crippen molar-refractivity contribution in [3.05, 3.63) is 30.1 Å². The Bertz CT molecular complexity index is 338. The average molecular weight is 235 g/mol. The Hall–Kier alpha value is -1.42. The number of carbonyl (C=O) groups is 1. The van der Waals surface area contributed by atoms with E-state index in [2.05, 4.69) is 24.1 Å². The van der Waals surface area contributed by atoms with Crippen LogP contribution in [0.4, 0.5) is 0 Å². The molecule has 1 heterocycles. The van der Waals surface area contributed by atoms with Gasteiger partial charge in [-0.05, 0) is 36.5 Å². The molecule has 0 saturated carbocycles. The van der Waals surface area contributed by atoms with Crippen molar-refractivity contribution in [2.45, 2.75) is 32.7 Å². The van der Waals surface area contributed by atoms with Crippen LogP contribution in [-0.2, 0) is 11.2 Å². The third-order valence-electron chi connectivity index (χ3n) is 2.52. The molecule has 1 aromatic heterocycles. The van der Waals surface area contributed by atoms with Crippen molar-refractivity contribution >= 4 is 5.91 Å². The number of rotatable bonds is 6. The highest BCUT2D eigenvalue weighted by Crippen LogP contribution is 2.02. The van der Waals surface area contributed by atoms with Crippen LogP contribution in [0, 0.1) is 5.92 Å². The molecule has 0 saturated heterocycles. The number of hydrogen-bond donors (Lipinski definition) is 2. The molecule has 0 spiro atoms. The summed E-state index contributed by atoms with van der Waals surface area (Å²) in [5, 5.41) is 2.85. The summed E-state index contributed by atoms with van der Waals surface area (Å²) in [7, 11) is 0. The van der Waals surface area contributed by atoms with Crippen molar-refractivity contribution in [1.29, 1.82) is 0 Å². The summed E-state index contributed by atoms with van der Waals surface area (Å²) in [6, 6.07) is 3.49. The molecule has 1 atom stereocenters. The summed E-state index contributed by atoms with van der Waals surface area (Å²) < 4.78 is 0. The minimum Gasteiger partial charge on any atom is -0.354 e. The van der Waals surface area contributed by atoms with Crippen LogP contribution in [0.5, 0.6) is 0 Å². The predicted octanol–water partition coefficient (Wildman–Crippen LogP) is 1.11. The highest BCUT2D eigenvalue weighted by Gasteiger charge is 2.13. The van der Waals surface area contributed by atoms with Crippen LogP contribution in [0.2, 0.25) is 0 Å². The molecule has 94 valence electrons. The lowest BCUT2D eigenvalue weighted by molar-refractivity contribution is -0.122. The quantitative estimate of drug-likeness (QED) is 0.776. The van der Waals surface area contributed by atoms with Gasteiger partial charge in [-0.25, -0.2) is 0 Å². The molecule has 0 aliphatic rings. The maximum atomic E-state index is 11.6. The SMILES string of the molecule is CC(C)C[C@@H](N)C(=O)NCCc1ccncc1. The molecule has 1 rings (SSSR count). The molecule has 17 heavy (non-hydrogen) atoms. The highest BCUT2D eigenvalue weighted by atomic mass is 16.2. The lowest BCUT2D eigenvalue weighted by atomic mass is 10.0. The van der Waals surface area contributed by atoms with Gasteiger partial charge in [0, 0.05) is 18.9 Å². The van der Waals surface area contributed by atoms with Gasteiger partial charge < -0.3 is 11.1 Å². The lowest BCUT2D eigenvalue weighted by Crippen LogP contribution is -2.42. The summed E-state index contributed by atoms with van der Waals surface area (Å²) in [6.45, 7) is 4.74. The molecule has 0 bridgehead atoms. The molecular formula is C13H21N3O. The van der Waals surface area contributed by atoms with Crippen molar-refractivity contribution in [2.24, 2.45) is 11.7 Å². The van der Waals surface area contributed by atoms with Gasteiger partial charge in [0.1, 0.15) is 0 Å². The first-order chi connectivity index (χ1) is 8.09. The standard InChI is InChI=1S/C13H21N3O/c1-10(2)9-12(14)13(17)16-8-5-11-3-6-15-7-4-11/h3-4,6-7,10,12H,5,8-9,14H2,1-2H3,(H,16,17)/t12-/m1/s1. The lowest BCUT2D eigenvalue weighted by Gasteiger charge is -2.14. The van der Waals surface area contributed by atoms with Gasteiger partial charge >= 0.3 is 0 Å². The number of pyridine rings is 1. The van der Waals surface area contributed by atoms with Crippen molar-refractivity contribution in [3.8, 4) is 0 Å². The summed E-state index contributed by atoms with van der Waals surface area (Å²) >= 11 is 0. The molecule has 1 amide bonds. The van der Waals surface area contributed by atoms with Crippen LogP contribution < -0.4 is 11.1 Å². The minimum atomic E-state index is -0.396. The zero-order valence-electron chi connectivity index (χ0n) is 10.5. The van der Waals surface area contributed by atoms with Crippen molar-refractivity contribution in [2.75, 3.05) is 6.54 Å². The zero-order chi connectivity index (χ0) is 12.7. The maximum Gasteiger partial charge on any atom is 0.236 e. The molecule has 1 aromatic rings. The molecule has 0 unspecified atom stereocenters. The number of nitrogens with zero attached hydrogens (tertiary/aromatic N) is 1. The van der Waals surface area contributed by atoms with E-state index in [0.717, 1.165) is 18.4 Å². The van der Waals surface area contributed by atoms with Crippen molar-refractivity contribution < 1.29 is 4.79 Å². The van der Waals surface area contributed by atoms with E-state index in [9.17, 15) is 4.79 Å². The molecule has 3 N–H and O–H groups in total. The molecule has 0 aliphatic carbocycles. The van der Waals surface area contributed by atoms with Gasteiger partial charge in [0.05, 0.1) is 6.04 Å². The second-order valence-electron chi connectivity index (χ2n) is 4.63. The van der Waals surface area contributed by atoms with E-state index in [-0.39, 0.29) is 5.91 Å². The number of nitrogens with one attached hydrogen (secondary N) is 1.